The first-order chi connectivity index (χ1) is 12.4. The number of carbonyl (C=O) groups excluding carboxylic acids is 1. The molecule has 0 saturated heterocycles. The van der Waals surface area contributed by atoms with Crippen LogP contribution in [0.15, 0.2) is 35.4 Å². The number of hydrogen-bond donors (Lipinski definition) is 1. The van der Waals surface area contributed by atoms with Gasteiger partial charge in [0.1, 0.15) is 0 Å². The van der Waals surface area contributed by atoms with Crippen molar-refractivity contribution in [1.29, 1.82) is 0 Å². The largest absolute Gasteiger partial charge is 0.493 e. The predicted molar refractivity (Wildman–Crippen MR) is 112 cm³/mol. The number of halogens is 1. The second-order valence-electron chi connectivity index (χ2n) is 5.87. The normalized spacial score (nSPS) is 10.8. The molecular formula is C20H23IN2O3. The molecule has 0 bridgehead atoms. The highest BCUT2D eigenvalue weighted by atomic mass is 127. The maximum absolute atomic E-state index is 12.1. The SMILES string of the molecule is CCOc1c(I)cc(/C=N/NC(=O)Cc2cc(C)ccc2C)cc1OC. The number of amides is 1. The van der Waals surface area contributed by atoms with E-state index < -0.39 is 0 Å². The number of hydrazone groups is 1. The lowest BCUT2D eigenvalue weighted by atomic mass is 10.0. The molecule has 0 unspecified atom stereocenters. The van der Waals surface area contributed by atoms with Crippen molar-refractivity contribution < 1.29 is 14.3 Å². The summed E-state index contributed by atoms with van der Waals surface area (Å²) in [6.45, 7) is 6.50. The Morgan fingerprint density at radius 3 is 2.73 bits per heavy atom. The van der Waals surface area contributed by atoms with Gasteiger partial charge in [-0.3, -0.25) is 4.79 Å². The van der Waals surface area contributed by atoms with Gasteiger partial charge in [0.05, 0.1) is 29.9 Å². The molecule has 0 aromatic heterocycles. The maximum atomic E-state index is 12.1. The minimum absolute atomic E-state index is 0.150. The summed E-state index contributed by atoms with van der Waals surface area (Å²) in [6.07, 6.45) is 1.90. The number of carbonyl (C=O) groups is 1. The van der Waals surface area contributed by atoms with Crippen molar-refractivity contribution in [3.8, 4) is 11.5 Å². The molecule has 0 fully saturated rings. The van der Waals surface area contributed by atoms with Gasteiger partial charge in [0.2, 0.25) is 5.91 Å². The van der Waals surface area contributed by atoms with Crippen LogP contribution in [0, 0.1) is 17.4 Å². The molecule has 5 nitrogen and oxygen atoms in total. The molecule has 0 aliphatic rings. The summed E-state index contributed by atoms with van der Waals surface area (Å²) in [5.74, 6) is 1.20. The summed E-state index contributed by atoms with van der Waals surface area (Å²) in [5.41, 5.74) is 6.64. The van der Waals surface area contributed by atoms with Gasteiger partial charge in [-0.05, 0) is 72.2 Å². The van der Waals surface area contributed by atoms with Gasteiger partial charge in [-0.1, -0.05) is 23.8 Å². The van der Waals surface area contributed by atoms with E-state index in [9.17, 15) is 4.79 Å². The summed E-state index contributed by atoms with van der Waals surface area (Å²) in [6, 6.07) is 9.84. The first-order valence-electron chi connectivity index (χ1n) is 8.33. The van der Waals surface area contributed by atoms with Crippen LogP contribution in [0.3, 0.4) is 0 Å². The van der Waals surface area contributed by atoms with Crippen LogP contribution in [0.5, 0.6) is 11.5 Å². The standard InChI is InChI=1S/C20H23IN2O3/c1-5-26-20-17(21)9-15(10-18(20)25-4)12-22-23-19(24)11-16-8-13(2)6-7-14(16)3/h6-10,12H,5,11H2,1-4H3,(H,23,24)/b22-12+. The number of rotatable bonds is 7. The van der Waals surface area contributed by atoms with E-state index in [1.807, 2.05) is 51.1 Å². The highest BCUT2D eigenvalue weighted by molar-refractivity contribution is 14.1. The third-order valence-electron chi connectivity index (χ3n) is 3.80. The van der Waals surface area contributed by atoms with Gasteiger partial charge >= 0.3 is 0 Å². The highest BCUT2D eigenvalue weighted by Crippen LogP contribution is 2.33. The molecule has 0 aliphatic carbocycles. The van der Waals surface area contributed by atoms with Crippen LogP contribution in [0.1, 0.15) is 29.2 Å². The number of hydrogen-bond acceptors (Lipinski definition) is 4. The van der Waals surface area contributed by atoms with Crippen LogP contribution in [-0.4, -0.2) is 25.8 Å². The van der Waals surface area contributed by atoms with Crippen molar-refractivity contribution in [2.24, 2.45) is 5.10 Å². The zero-order valence-electron chi connectivity index (χ0n) is 15.4. The minimum atomic E-state index is -0.150. The van der Waals surface area contributed by atoms with E-state index in [0.717, 1.165) is 25.8 Å². The lowest BCUT2D eigenvalue weighted by molar-refractivity contribution is -0.120. The van der Waals surface area contributed by atoms with Crippen LogP contribution in [0.4, 0.5) is 0 Å². The molecular weight excluding hydrogens is 443 g/mol. The second-order valence-corrected chi connectivity index (χ2v) is 7.03. The van der Waals surface area contributed by atoms with Gasteiger partial charge in [0, 0.05) is 0 Å². The van der Waals surface area contributed by atoms with Crippen LogP contribution in [0.2, 0.25) is 0 Å². The summed E-state index contributed by atoms with van der Waals surface area (Å²) >= 11 is 2.19. The van der Waals surface area contributed by atoms with Crippen molar-refractivity contribution in [2.45, 2.75) is 27.2 Å². The fourth-order valence-corrected chi connectivity index (χ4v) is 3.26. The van der Waals surface area contributed by atoms with E-state index in [-0.39, 0.29) is 5.91 Å². The van der Waals surface area contributed by atoms with Crippen LogP contribution in [0.25, 0.3) is 0 Å². The number of methoxy groups -OCH3 is 1. The van der Waals surface area contributed by atoms with Crippen LogP contribution >= 0.6 is 22.6 Å². The number of nitrogens with one attached hydrogen (secondary N) is 1. The van der Waals surface area contributed by atoms with Gasteiger partial charge in [-0.25, -0.2) is 5.43 Å². The summed E-state index contributed by atoms with van der Waals surface area (Å²) in [7, 11) is 1.60. The molecule has 0 atom stereocenters. The van der Waals surface area contributed by atoms with Crippen LogP contribution < -0.4 is 14.9 Å². The van der Waals surface area contributed by atoms with E-state index in [1.165, 1.54) is 0 Å². The Morgan fingerprint density at radius 2 is 2.04 bits per heavy atom. The molecule has 1 N–H and O–H groups in total. The Balaban J connectivity index is 2.04. The number of ether oxygens (including phenoxy) is 2. The number of aryl methyl sites for hydroxylation is 2. The molecule has 2 aromatic carbocycles. The Labute approximate surface area is 167 Å². The molecule has 2 aromatic rings. The smallest absolute Gasteiger partial charge is 0.244 e. The Bertz CT molecular complexity index is 819. The molecule has 0 spiro atoms. The Hall–Kier alpha value is -2.09. The van der Waals surface area contributed by atoms with E-state index in [4.69, 9.17) is 9.47 Å². The Morgan fingerprint density at radius 1 is 1.27 bits per heavy atom. The molecule has 0 saturated carbocycles. The quantitative estimate of drug-likeness (QED) is 0.381. The van der Waals surface area contributed by atoms with Crippen molar-refractivity contribution >= 4 is 34.7 Å². The number of nitrogens with zero attached hydrogens (tertiary/aromatic N) is 1. The van der Waals surface area contributed by atoms with Gasteiger partial charge in [0.25, 0.3) is 0 Å². The van der Waals surface area contributed by atoms with Crippen molar-refractivity contribution in [3.05, 3.63) is 56.2 Å². The lowest BCUT2D eigenvalue weighted by Crippen LogP contribution is -2.20. The lowest BCUT2D eigenvalue weighted by Gasteiger charge is -2.12. The summed E-state index contributed by atoms with van der Waals surface area (Å²) in [4.78, 5) is 12.1. The van der Waals surface area contributed by atoms with Gasteiger partial charge < -0.3 is 9.47 Å². The number of benzene rings is 2. The molecule has 0 radical (unpaired) electrons. The van der Waals surface area contributed by atoms with Gasteiger partial charge in [-0.15, -0.1) is 0 Å². The van der Waals surface area contributed by atoms with E-state index in [1.54, 1.807) is 13.3 Å². The van der Waals surface area contributed by atoms with Crippen molar-refractivity contribution in [2.75, 3.05) is 13.7 Å². The van der Waals surface area contributed by atoms with Crippen molar-refractivity contribution in [3.63, 3.8) is 0 Å². The summed E-state index contributed by atoms with van der Waals surface area (Å²) in [5, 5.41) is 4.06. The molecule has 1 amide bonds. The monoisotopic (exact) mass is 466 g/mol. The fraction of sp³-hybridized carbons (Fsp3) is 0.300. The first-order valence-corrected chi connectivity index (χ1v) is 9.40. The minimum Gasteiger partial charge on any atom is -0.493 e. The summed E-state index contributed by atoms with van der Waals surface area (Å²) < 4.78 is 11.9. The molecule has 138 valence electrons. The zero-order valence-corrected chi connectivity index (χ0v) is 17.6. The zero-order chi connectivity index (χ0) is 19.1. The Kier molecular flexibility index (Phi) is 7.44. The van der Waals surface area contributed by atoms with E-state index in [2.05, 4.69) is 33.1 Å². The first kappa shape index (κ1) is 20.2. The van der Waals surface area contributed by atoms with E-state index >= 15 is 0 Å². The molecule has 26 heavy (non-hydrogen) atoms. The molecule has 2 rings (SSSR count). The average molecular weight is 466 g/mol. The average Bonchev–Trinajstić information content (AvgIpc) is 2.60. The van der Waals surface area contributed by atoms with Gasteiger partial charge in [0.15, 0.2) is 11.5 Å². The topological polar surface area (TPSA) is 59.9 Å². The van der Waals surface area contributed by atoms with Crippen molar-refractivity contribution in [1.82, 2.24) is 5.43 Å². The maximum Gasteiger partial charge on any atom is 0.244 e. The fourth-order valence-electron chi connectivity index (χ4n) is 2.48. The predicted octanol–water partition coefficient (Wildman–Crippen LogP) is 4.01. The molecule has 0 aliphatic heterocycles. The molecule has 6 heteroatoms. The van der Waals surface area contributed by atoms with E-state index in [0.29, 0.717) is 24.5 Å². The molecule has 0 heterocycles. The van der Waals surface area contributed by atoms with Crippen LogP contribution in [-0.2, 0) is 11.2 Å². The third-order valence-corrected chi connectivity index (χ3v) is 4.60. The second kappa shape index (κ2) is 9.56. The van der Waals surface area contributed by atoms with Gasteiger partial charge in [-0.2, -0.15) is 5.10 Å². The third kappa shape index (κ3) is 5.45. The highest BCUT2D eigenvalue weighted by Gasteiger charge is 2.10.